The van der Waals surface area contributed by atoms with Gasteiger partial charge in [0.1, 0.15) is 12.4 Å². The van der Waals surface area contributed by atoms with Gasteiger partial charge in [-0.05, 0) is 18.6 Å². The second kappa shape index (κ2) is 5.26. The SMILES string of the molecule is CCc1cc(C(=O)N2CCN(C)C(=O)C2)cc(N)n1. The Bertz CT molecular complexity index is 515. The molecule has 2 amide bonds. The van der Waals surface area contributed by atoms with E-state index in [1.54, 1.807) is 29.0 Å². The summed E-state index contributed by atoms with van der Waals surface area (Å²) in [6.07, 6.45) is 0.715. The molecule has 1 aromatic rings. The van der Waals surface area contributed by atoms with Crippen LogP contribution in [0.5, 0.6) is 0 Å². The van der Waals surface area contributed by atoms with E-state index in [4.69, 9.17) is 5.73 Å². The summed E-state index contributed by atoms with van der Waals surface area (Å²) >= 11 is 0. The quantitative estimate of drug-likeness (QED) is 0.822. The fourth-order valence-electron chi connectivity index (χ4n) is 2.03. The van der Waals surface area contributed by atoms with Crippen LogP contribution in [0, 0.1) is 0 Å². The fourth-order valence-corrected chi connectivity index (χ4v) is 2.03. The van der Waals surface area contributed by atoms with E-state index in [9.17, 15) is 9.59 Å². The molecule has 1 saturated heterocycles. The number of amides is 2. The van der Waals surface area contributed by atoms with Gasteiger partial charge in [0.25, 0.3) is 5.91 Å². The van der Waals surface area contributed by atoms with Crippen LogP contribution in [0.25, 0.3) is 0 Å². The monoisotopic (exact) mass is 262 g/mol. The molecule has 2 heterocycles. The lowest BCUT2D eigenvalue weighted by Gasteiger charge is -2.32. The lowest BCUT2D eigenvalue weighted by atomic mass is 10.1. The van der Waals surface area contributed by atoms with E-state index in [1.165, 1.54) is 0 Å². The summed E-state index contributed by atoms with van der Waals surface area (Å²) in [6, 6.07) is 3.30. The number of hydrogen-bond acceptors (Lipinski definition) is 4. The first kappa shape index (κ1) is 13.3. The molecule has 19 heavy (non-hydrogen) atoms. The first-order chi connectivity index (χ1) is 9.01. The average molecular weight is 262 g/mol. The molecule has 0 atom stereocenters. The van der Waals surface area contributed by atoms with E-state index in [1.807, 2.05) is 6.92 Å². The zero-order valence-corrected chi connectivity index (χ0v) is 11.2. The van der Waals surface area contributed by atoms with Crippen LogP contribution in [0.15, 0.2) is 12.1 Å². The Balaban J connectivity index is 2.20. The molecule has 0 unspecified atom stereocenters. The molecule has 1 aliphatic rings. The number of aryl methyl sites for hydroxylation is 1. The zero-order chi connectivity index (χ0) is 14.0. The van der Waals surface area contributed by atoms with Gasteiger partial charge in [-0.1, -0.05) is 6.92 Å². The molecule has 1 fully saturated rings. The van der Waals surface area contributed by atoms with Crippen LogP contribution in [0.2, 0.25) is 0 Å². The van der Waals surface area contributed by atoms with Crippen molar-refractivity contribution in [2.24, 2.45) is 0 Å². The van der Waals surface area contributed by atoms with Gasteiger partial charge in [-0.3, -0.25) is 9.59 Å². The number of aromatic nitrogens is 1. The van der Waals surface area contributed by atoms with Gasteiger partial charge in [0, 0.05) is 31.4 Å². The summed E-state index contributed by atoms with van der Waals surface area (Å²) in [7, 11) is 1.74. The number of anilines is 1. The van der Waals surface area contributed by atoms with E-state index >= 15 is 0 Å². The van der Waals surface area contributed by atoms with Gasteiger partial charge in [-0.2, -0.15) is 0 Å². The summed E-state index contributed by atoms with van der Waals surface area (Å²) in [5, 5.41) is 0. The Hall–Kier alpha value is -2.11. The normalized spacial score (nSPS) is 15.8. The van der Waals surface area contributed by atoms with Crippen LogP contribution in [-0.2, 0) is 11.2 Å². The largest absolute Gasteiger partial charge is 0.384 e. The van der Waals surface area contributed by atoms with Crippen molar-refractivity contribution < 1.29 is 9.59 Å². The van der Waals surface area contributed by atoms with E-state index < -0.39 is 0 Å². The topological polar surface area (TPSA) is 79.5 Å². The predicted octanol–water partition coefficient (Wildman–Crippen LogP) is 0.140. The molecular weight excluding hydrogens is 244 g/mol. The van der Waals surface area contributed by atoms with Crippen molar-refractivity contribution in [3.63, 3.8) is 0 Å². The summed E-state index contributed by atoms with van der Waals surface area (Å²) in [5.74, 6) is 0.130. The molecule has 0 aromatic carbocycles. The number of nitrogens with zero attached hydrogens (tertiary/aromatic N) is 3. The van der Waals surface area contributed by atoms with Gasteiger partial charge in [-0.15, -0.1) is 0 Å². The molecule has 6 nitrogen and oxygen atoms in total. The maximum Gasteiger partial charge on any atom is 0.254 e. The minimum Gasteiger partial charge on any atom is -0.384 e. The Labute approximate surface area is 112 Å². The first-order valence-electron chi connectivity index (χ1n) is 6.31. The molecular formula is C13H18N4O2. The lowest BCUT2D eigenvalue weighted by Crippen LogP contribution is -2.50. The Kier molecular flexibility index (Phi) is 3.69. The van der Waals surface area contributed by atoms with Crippen LogP contribution < -0.4 is 5.73 Å². The van der Waals surface area contributed by atoms with Gasteiger partial charge < -0.3 is 15.5 Å². The molecule has 1 aliphatic heterocycles. The van der Waals surface area contributed by atoms with Crippen LogP contribution in [0.3, 0.4) is 0 Å². The molecule has 2 N–H and O–H groups in total. The lowest BCUT2D eigenvalue weighted by molar-refractivity contribution is -0.133. The standard InChI is InChI=1S/C13H18N4O2/c1-3-10-6-9(7-11(14)15-10)13(19)17-5-4-16(2)12(18)8-17/h6-7H,3-5,8H2,1-2H3,(H2,14,15). The second-order valence-electron chi connectivity index (χ2n) is 4.67. The molecule has 0 aliphatic carbocycles. The number of hydrogen-bond donors (Lipinski definition) is 1. The molecule has 0 radical (unpaired) electrons. The highest BCUT2D eigenvalue weighted by Gasteiger charge is 2.25. The van der Waals surface area contributed by atoms with Crippen molar-refractivity contribution in [2.75, 3.05) is 32.4 Å². The van der Waals surface area contributed by atoms with Gasteiger partial charge >= 0.3 is 0 Å². The second-order valence-corrected chi connectivity index (χ2v) is 4.67. The van der Waals surface area contributed by atoms with Gasteiger partial charge in [0.05, 0.1) is 0 Å². The third kappa shape index (κ3) is 2.83. The highest BCUT2D eigenvalue weighted by Crippen LogP contribution is 2.13. The molecule has 6 heteroatoms. The number of piperazine rings is 1. The van der Waals surface area contributed by atoms with E-state index in [-0.39, 0.29) is 18.4 Å². The number of pyridine rings is 1. The van der Waals surface area contributed by atoms with Crippen molar-refractivity contribution in [1.82, 2.24) is 14.8 Å². The van der Waals surface area contributed by atoms with Gasteiger partial charge in [0.15, 0.2) is 0 Å². The van der Waals surface area contributed by atoms with Gasteiger partial charge in [0.2, 0.25) is 5.91 Å². The third-order valence-corrected chi connectivity index (χ3v) is 3.25. The summed E-state index contributed by atoms with van der Waals surface area (Å²) in [5.41, 5.74) is 6.98. The van der Waals surface area contributed by atoms with Crippen molar-refractivity contribution >= 4 is 17.6 Å². The Morgan fingerprint density at radius 1 is 1.42 bits per heavy atom. The third-order valence-electron chi connectivity index (χ3n) is 3.25. The fraction of sp³-hybridized carbons (Fsp3) is 0.462. The van der Waals surface area contributed by atoms with Crippen molar-refractivity contribution in [1.29, 1.82) is 0 Å². The van der Waals surface area contributed by atoms with Crippen LogP contribution >= 0.6 is 0 Å². The molecule has 0 bridgehead atoms. The summed E-state index contributed by atoms with van der Waals surface area (Å²) in [6.45, 7) is 3.19. The molecule has 0 saturated carbocycles. The van der Waals surface area contributed by atoms with Crippen LogP contribution in [0.1, 0.15) is 23.0 Å². The van der Waals surface area contributed by atoms with Crippen molar-refractivity contribution in [3.8, 4) is 0 Å². The maximum absolute atomic E-state index is 12.3. The molecule has 2 rings (SSSR count). The van der Waals surface area contributed by atoms with Crippen LogP contribution in [-0.4, -0.2) is 53.3 Å². The minimum atomic E-state index is -0.162. The van der Waals surface area contributed by atoms with E-state index in [2.05, 4.69) is 4.98 Å². The van der Waals surface area contributed by atoms with Crippen molar-refractivity contribution in [2.45, 2.75) is 13.3 Å². The number of rotatable bonds is 2. The van der Waals surface area contributed by atoms with Gasteiger partial charge in [-0.25, -0.2) is 4.98 Å². The molecule has 0 spiro atoms. The first-order valence-corrected chi connectivity index (χ1v) is 6.31. The van der Waals surface area contributed by atoms with Crippen molar-refractivity contribution in [3.05, 3.63) is 23.4 Å². The predicted molar refractivity (Wildman–Crippen MR) is 71.6 cm³/mol. The van der Waals surface area contributed by atoms with E-state index in [0.29, 0.717) is 30.9 Å². The molecule has 102 valence electrons. The van der Waals surface area contributed by atoms with E-state index in [0.717, 1.165) is 5.69 Å². The minimum absolute atomic E-state index is 0.0441. The van der Waals surface area contributed by atoms with Crippen LogP contribution in [0.4, 0.5) is 5.82 Å². The number of likely N-dealkylation sites (N-methyl/N-ethyl adjacent to an activating group) is 1. The smallest absolute Gasteiger partial charge is 0.254 e. The number of carbonyl (C=O) groups excluding carboxylic acids is 2. The zero-order valence-electron chi connectivity index (χ0n) is 11.2. The number of nitrogen functional groups attached to an aromatic ring is 1. The number of nitrogens with two attached hydrogens (primary N) is 1. The Morgan fingerprint density at radius 2 is 2.16 bits per heavy atom. The maximum atomic E-state index is 12.3. The average Bonchev–Trinajstić information content (AvgIpc) is 2.40. The highest BCUT2D eigenvalue weighted by atomic mass is 16.2. The Morgan fingerprint density at radius 3 is 2.79 bits per heavy atom. The summed E-state index contributed by atoms with van der Waals surface area (Å²) in [4.78, 5) is 31.3. The number of carbonyl (C=O) groups is 2. The highest BCUT2D eigenvalue weighted by molar-refractivity contribution is 5.97. The summed E-state index contributed by atoms with van der Waals surface area (Å²) < 4.78 is 0. The molecule has 1 aromatic heterocycles.